The Morgan fingerprint density at radius 3 is 2.60 bits per heavy atom. The first-order valence-corrected chi connectivity index (χ1v) is 5.26. The normalized spacial score (nSPS) is 15.7. The van der Waals surface area contributed by atoms with Crippen LogP contribution in [0.25, 0.3) is 0 Å². The molecule has 0 unspecified atom stereocenters. The van der Waals surface area contributed by atoms with Gasteiger partial charge in [0.15, 0.2) is 0 Å². The van der Waals surface area contributed by atoms with Gasteiger partial charge < -0.3 is 5.73 Å². The van der Waals surface area contributed by atoms with Gasteiger partial charge in [-0.3, -0.25) is 4.79 Å². The fourth-order valence-corrected chi connectivity index (χ4v) is 1.43. The van der Waals surface area contributed by atoms with Crippen LogP contribution in [0.2, 0.25) is 0 Å². The Morgan fingerprint density at radius 2 is 2.13 bits per heavy atom. The Hall–Kier alpha value is -1.45. The lowest BCUT2D eigenvalue weighted by Crippen LogP contribution is -2.16. The molecule has 1 aliphatic carbocycles. The summed E-state index contributed by atoms with van der Waals surface area (Å²) in [5.74, 6) is 1.06. The molecule has 0 saturated heterocycles. The molecule has 0 bridgehead atoms. The van der Waals surface area contributed by atoms with Crippen LogP contribution in [0.5, 0.6) is 0 Å². The maximum Gasteiger partial charge on any atom is 0.267 e. The molecule has 15 heavy (non-hydrogen) atoms. The Bertz CT molecular complexity index is 377. The summed E-state index contributed by atoms with van der Waals surface area (Å²) in [6, 6.07) is 1.69. The molecular formula is C11H15N3O. The molecule has 1 aromatic rings. The van der Waals surface area contributed by atoms with E-state index in [0.717, 1.165) is 24.4 Å². The summed E-state index contributed by atoms with van der Waals surface area (Å²) in [6.45, 7) is 4.09. The molecule has 1 heterocycles. The maximum absolute atomic E-state index is 11.1. The zero-order chi connectivity index (χ0) is 11.0. The van der Waals surface area contributed by atoms with Gasteiger partial charge in [-0.2, -0.15) is 0 Å². The lowest BCUT2D eigenvalue weighted by atomic mass is 10.1. The first kappa shape index (κ1) is 10.1. The molecule has 4 heteroatoms. The van der Waals surface area contributed by atoms with E-state index in [1.54, 1.807) is 6.07 Å². The quantitative estimate of drug-likeness (QED) is 0.814. The molecule has 0 aliphatic heterocycles. The van der Waals surface area contributed by atoms with Crippen molar-refractivity contribution in [1.29, 1.82) is 0 Å². The first-order valence-electron chi connectivity index (χ1n) is 5.26. The minimum Gasteiger partial charge on any atom is -0.364 e. The highest BCUT2D eigenvalue weighted by molar-refractivity contribution is 5.90. The number of amides is 1. The van der Waals surface area contributed by atoms with E-state index >= 15 is 0 Å². The average molecular weight is 205 g/mol. The third kappa shape index (κ3) is 2.14. The summed E-state index contributed by atoms with van der Waals surface area (Å²) in [5.41, 5.74) is 6.49. The van der Waals surface area contributed by atoms with Crippen LogP contribution in [0, 0.1) is 0 Å². The maximum atomic E-state index is 11.1. The minimum absolute atomic E-state index is 0.295. The van der Waals surface area contributed by atoms with Crippen LogP contribution in [0.15, 0.2) is 6.07 Å². The lowest BCUT2D eigenvalue weighted by molar-refractivity contribution is 0.0995. The van der Waals surface area contributed by atoms with Crippen molar-refractivity contribution >= 4 is 5.91 Å². The van der Waals surface area contributed by atoms with Crippen LogP contribution in [-0.2, 0) is 0 Å². The van der Waals surface area contributed by atoms with E-state index in [1.807, 2.05) is 13.8 Å². The van der Waals surface area contributed by atoms with Gasteiger partial charge in [0.2, 0.25) is 0 Å². The monoisotopic (exact) mass is 205 g/mol. The number of carbonyl (C=O) groups is 1. The van der Waals surface area contributed by atoms with Crippen molar-refractivity contribution in [2.45, 2.75) is 38.5 Å². The fraction of sp³-hybridized carbons (Fsp3) is 0.545. The summed E-state index contributed by atoms with van der Waals surface area (Å²) in [4.78, 5) is 19.8. The predicted octanol–water partition coefficient (Wildman–Crippen LogP) is 1.58. The van der Waals surface area contributed by atoms with E-state index in [2.05, 4.69) is 9.97 Å². The number of aromatic nitrogens is 2. The van der Waals surface area contributed by atoms with Gasteiger partial charge in [-0.25, -0.2) is 9.97 Å². The molecular weight excluding hydrogens is 190 g/mol. The van der Waals surface area contributed by atoms with E-state index < -0.39 is 5.91 Å². The highest BCUT2D eigenvalue weighted by Crippen LogP contribution is 2.38. The summed E-state index contributed by atoms with van der Waals surface area (Å²) in [6.07, 6.45) is 2.25. The van der Waals surface area contributed by atoms with Crippen molar-refractivity contribution in [2.75, 3.05) is 0 Å². The van der Waals surface area contributed by atoms with Gasteiger partial charge in [-0.15, -0.1) is 0 Å². The van der Waals surface area contributed by atoms with Gasteiger partial charge in [0, 0.05) is 11.6 Å². The molecule has 1 aromatic heterocycles. The summed E-state index contributed by atoms with van der Waals surface area (Å²) < 4.78 is 0. The SMILES string of the molecule is CC(C)c1cc(C(N)=O)nc(C2CC2)n1. The van der Waals surface area contributed by atoms with Crippen molar-refractivity contribution in [3.05, 3.63) is 23.3 Å². The number of rotatable bonds is 3. The van der Waals surface area contributed by atoms with Crippen molar-refractivity contribution in [3.63, 3.8) is 0 Å². The molecule has 0 aromatic carbocycles. The Morgan fingerprint density at radius 1 is 1.47 bits per heavy atom. The molecule has 1 aliphatic rings. The molecule has 2 N–H and O–H groups in total. The van der Waals surface area contributed by atoms with Gasteiger partial charge in [-0.05, 0) is 24.8 Å². The van der Waals surface area contributed by atoms with E-state index in [1.165, 1.54) is 0 Å². The summed E-state index contributed by atoms with van der Waals surface area (Å²) >= 11 is 0. The molecule has 0 spiro atoms. The molecule has 1 saturated carbocycles. The molecule has 0 radical (unpaired) electrons. The number of carbonyl (C=O) groups excluding carboxylic acids is 1. The zero-order valence-corrected chi connectivity index (χ0v) is 9.03. The van der Waals surface area contributed by atoms with Gasteiger partial charge in [0.1, 0.15) is 11.5 Å². The number of nitrogens with two attached hydrogens (primary N) is 1. The summed E-state index contributed by atoms with van der Waals surface area (Å²) in [5, 5.41) is 0. The number of hydrogen-bond acceptors (Lipinski definition) is 3. The second-order valence-electron chi connectivity index (χ2n) is 4.33. The topological polar surface area (TPSA) is 68.9 Å². The van der Waals surface area contributed by atoms with Crippen molar-refractivity contribution < 1.29 is 4.79 Å². The highest BCUT2D eigenvalue weighted by Gasteiger charge is 2.28. The van der Waals surface area contributed by atoms with E-state index in [9.17, 15) is 4.79 Å². The van der Waals surface area contributed by atoms with Crippen LogP contribution < -0.4 is 5.73 Å². The van der Waals surface area contributed by atoms with Crippen LogP contribution in [0.4, 0.5) is 0 Å². The smallest absolute Gasteiger partial charge is 0.267 e. The molecule has 1 amide bonds. The van der Waals surface area contributed by atoms with Crippen molar-refractivity contribution in [1.82, 2.24) is 9.97 Å². The van der Waals surface area contributed by atoms with Crippen molar-refractivity contribution in [3.8, 4) is 0 Å². The van der Waals surface area contributed by atoms with Crippen LogP contribution in [0.3, 0.4) is 0 Å². The fourth-order valence-electron chi connectivity index (χ4n) is 1.43. The van der Waals surface area contributed by atoms with Crippen LogP contribution in [0.1, 0.15) is 60.5 Å². The minimum atomic E-state index is -0.471. The third-order valence-electron chi connectivity index (χ3n) is 2.55. The van der Waals surface area contributed by atoms with E-state index in [0.29, 0.717) is 17.5 Å². The van der Waals surface area contributed by atoms with Gasteiger partial charge in [-0.1, -0.05) is 13.8 Å². The first-order chi connectivity index (χ1) is 7.08. The lowest BCUT2D eigenvalue weighted by Gasteiger charge is -2.08. The second kappa shape index (κ2) is 3.61. The van der Waals surface area contributed by atoms with Crippen molar-refractivity contribution in [2.24, 2.45) is 5.73 Å². The van der Waals surface area contributed by atoms with Crippen LogP contribution >= 0.6 is 0 Å². The molecule has 0 atom stereocenters. The van der Waals surface area contributed by atoms with Gasteiger partial charge >= 0.3 is 0 Å². The number of nitrogens with zero attached hydrogens (tertiary/aromatic N) is 2. The molecule has 1 fully saturated rings. The van der Waals surface area contributed by atoms with Gasteiger partial charge in [0.05, 0.1) is 0 Å². The van der Waals surface area contributed by atoms with Crippen LogP contribution in [-0.4, -0.2) is 15.9 Å². The number of hydrogen-bond donors (Lipinski definition) is 1. The Balaban J connectivity index is 2.43. The molecule has 80 valence electrons. The van der Waals surface area contributed by atoms with E-state index in [-0.39, 0.29) is 0 Å². The third-order valence-corrected chi connectivity index (χ3v) is 2.55. The Labute approximate surface area is 88.9 Å². The average Bonchev–Trinajstić information content (AvgIpc) is 3.00. The predicted molar refractivity (Wildman–Crippen MR) is 56.6 cm³/mol. The molecule has 4 nitrogen and oxygen atoms in total. The number of primary amides is 1. The largest absolute Gasteiger partial charge is 0.364 e. The highest BCUT2D eigenvalue weighted by atomic mass is 16.1. The molecule has 2 rings (SSSR count). The Kier molecular flexibility index (Phi) is 2.42. The van der Waals surface area contributed by atoms with Gasteiger partial charge in [0.25, 0.3) is 5.91 Å². The summed E-state index contributed by atoms with van der Waals surface area (Å²) in [7, 11) is 0. The standard InChI is InChI=1S/C11H15N3O/c1-6(2)8-5-9(10(12)15)14-11(13-8)7-3-4-7/h5-7H,3-4H2,1-2H3,(H2,12,15). The van der Waals surface area contributed by atoms with E-state index in [4.69, 9.17) is 5.73 Å². The zero-order valence-electron chi connectivity index (χ0n) is 9.03. The second-order valence-corrected chi connectivity index (χ2v) is 4.33.